The van der Waals surface area contributed by atoms with Crippen LogP contribution in [0.2, 0.25) is 0 Å². The Morgan fingerprint density at radius 3 is 1.08 bits per heavy atom. The molecule has 0 fully saturated rings. The molecule has 306 valence electrons. The van der Waals surface area contributed by atoms with Gasteiger partial charge in [0.2, 0.25) is 0 Å². The summed E-state index contributed by atoms with van der Waals surface area (Å²) >= 11 is 1.68. The second-order valence-electron chi connectivity index (χ2n) is 17.2. The summed E-state index contributed by atoms with van der Waals surface area (Å²) in [5.74, 6) is 0. The third-order valence-electron chi connectivity index (χ3n) is 13.5. The Kier molecular flexibility index (Phi) is 7.95. The smallest absolute Gasteiger partial charge is 0.0992 e. The lowest BCUT2D eigenvalue weighted by Crippen LogP contribution is -1.98. The highest BCUT2D eigenvalue weighted by molar-refractivity contribution is 7.99. The summed E-state index contributed by atoms with van der Waals surface area (Å²) in [6.45, 7) is 0. The largest absolute Gasteiger partial charge is 0.308 e. The number of fused-ring (bicyclic) bond motifs is 15. The third-order valence-corrected chi connectivity index (χ3v) is 14.5. The van der Waals surface area contributed by atoms with E-state index < -0.39 is 0 Å². The van der Waals surface area contributed by atoms with Crippen LogP contribution >= 0.6 is 11.8 Å². The predicted molar refractivity (Wildman–Crippen MR) is 277 cm³/mol. The van der Waals surface area contributed by atoms with Crippen LogP contribution in [0.3, 0.4) is 0 Å². The Balaban J connectivity index is 1.26. The van der Waals surface area contributed by atoms with Gasteiger partial charge in [-0.1, -0.05) is 127 Å². The van der Waals surface area contributed by atoms with Crippen molar-refractivity contribution >= 4 is 109 Å². The molecule has 3 heterocycles. The number of para-hydroxylation sites is 2. The van der Waals surface area contributed by atoms with Crippen LogP contribution in [0.25, 0.3) is 115 Å². The second-order valence-corrected chi connectivity index (χ2v) is 18.4. The second kappa shape index (κ2) is 14.2. The summed E-state index contributed by atoms with van der Waals surface area (Å²) in [5, 5.41) is 24.1. The molecule has 0 aliphatic carbocycles. The van der Waals surface area contributed by atoms with E-state index in [4.69, 9.17) is 0 Å². The highest BCUT2D eigenvalue weighted by Crippen LogP contribution is 2.51. The number of hydrogen-bond donors (Lipinski definition) is 0. The molecule has 14 aromatic rings. The van der Waals surface area contributed by atoms with Gasteiger partial charge in [0.25, 0.3) is 0 Å². The van der Waals surface area contributed by atoms with Crippen LogP contribution in [-0.4, -0.2) is 13.7 Å². The van der Waals surface area contributed by atoms with Crippen molar-refractivity contribution in [2.75, 3.05) is 0 Å². The van der Waals surface area contributed by atoms with E-state index in [1.807, 2.05) is 18.2 Å². The zero-order valence-electron chi connectivity index (χ0n) is 35.5. The topological polar surface area (TPSA) is 38.6 Å². The molecule has 0 spiro atoms. The number of benzene rings is 11. The zero-order valence-corrected chi connectivity index (χ0v) is 36.3. The third kappa shape index (κ3) is 5.40. The van der Waals surface area contributed by atoms with Crippen molar-refractivity contribution in [3.05, 3.63) is 224 Å². The number of aromatic nitrogens is 3. The van der Waals surface area contributed by atoms with Gasteiger partial charge >= 0.3 is 0 Å². The summed E-state index contributed by atoms with van der Waals surface area (Å²) in [5.41, 5.74) is 11.0. The fourth-order valence-electron chi connectivity index (χ4n) is 10.7. The molecule has 11 aromatic carbocycles. The summed E-state index contributed by atoms with van der Waals surface area (Å²) < 4.78 is 7.62. The van der Waals surface area contributed by atoms with E-state index in [9.17, 15) is 5.26 Å². The Labute approximate surface area is 383 Å². The van der Waals surface area contributed by atoms with Crippen molar-refractivity contribution in [2.45, 2.75) is 9.79 Å². The van der Waals surface area contributed by atoms with E-state index in [1.54, 1.807) is 11.8 Å². The van der Waals surface area contributed by atoms with Crippen molar-refractivity contribution < 1.29 is 0 Å². The maximum atomic E-state index is 9.64. The Bertz CT molecular complexity index is 4290. The fraction of sp³-hybridized carbons (Fsp3) is 0. The molecule has 3 aromatic heterocycles. The molecule has 0 radical (unpaired) electrons. The van der Waals surface area contributed by atoms with Crippen LogP contribution in [0.5, 0.6) is 0 Å². The summed E-state index contributed by atoms with van der Waals surface area (Å²) in [6.07, 6.45) is 0. The van der Waals surface area contributed by atoms with E-state index in [0.29, 0.717) is 5.56 Å². The van der Waals surface area contributed by atoms with Crippen LogP contribution in [0, 0.1) is 11.3 Å². The van der Waals surface area contributed by atoms with Gasteiger partial charge in [0, 0.05) is 59.2 Å². The minimum atomic E-state index is 0.660. The minimum Gasteiger partial charge on any atom is -0.308 e. The molecule has 0 saturated heterocycles. The van der Waals surface area contributed by atoms with E-state index in [1.165, 1.54) is 92.2 Å². The Morgan fingerprint density at radius 1 is 0.318 bits per heavy atom. The molecule has 0 bridgehead atoms. The molecule has 5 heteroatoms. The van der Waals surface area contributed by atoms with Gasteiger partial charge in [-0.2, -0.15) is 5.26 Å². The highest BCUT2D eigenvalue weighted by Gasteiger charge is 2.29. The lowest BCUT2D eigenvalue weighted by Gasteiger charge is -2.14. The van der Waals surface area contributed by atoms with Gasteiger partial charge < -0.3 is 13.7 Å². The van der Waals surface area contributed by atoms with E-state index in [0.717, 1.165) is 32.4 Å². The maximum Gasteiger partial charge on any atom is 0.0992 e. The molecule has 14 rings (SSSR count). The van der Waals surface area contributed by atoms with Crippen molar-refractivity contribution in [1.82, 2.24) is 13.7 Å². The fourth-order valence-corrected chi connectivity index (χ4v) is 11.6. The average Bonchev–Trinajstić information content (AvgIpc) is 3.99. The number of hydrogen-bond acceptors (Lipinski definition) is 2. The van der Waals surface area contributed by atoms with Gasteiger partial charge in [0.05, 0.1) is 44.7 Å². The quantitative estimate of drug-likeness (QED) is 0.173. The minimum absolute atomic E-state index is 0.660. The SMILES string of the molecule is N#Cc1cccc(Sc2ccc(-n3c4cc5ccccc5cc4c4c5c(c6cc7ccccc7cc6n5-c5ccccc5)c5c(c6cc7ccccc7cc6n5-c5ccccc5)c43)cc2)c1. The average molecular weight is 857 g/mol. The van der Waals surface area contributed by atoms with Crippen molar-refractivity contribution in [2.24, 2.45) is 0 Å². The molecule has 0 atom stereocenters. The lowest BCUT2D eigenvalue weighted by molar-refractivity contribution is 1.17. The molecule has 0 aliphatic heterocycles. The molecule has 0 saturated carbocycles. The van der Waals surface area contributed by atoms with Gasteiger partial charge in [0.1, 0.15) is 0 Å². The van der Waals surface area contributed by atoms with Gasteiger partial charge in [-0.3, -0.25) is 0 Å². The molecular formula is C61H36N4S. The normalized spacial score (nSPS) is 12.0. The van der Waals surface area contributed by atoms with Crippen molar-refractivity contribution in [3.8, 4) is 23.1 Å². The lowest BCUT2D eigenvalue weighted by atomic mass is 9.99. The van der Waals surface area contributed by atoms with Gasteiger partial charge in [-0.05, 0) is 135 Å². The molecule has 4 nitrogen and oxygen atoms in total. The molecule has 0 N–H and O–H groups in total. The molecular weight excluding hydrogens is 821 g/mol. The number of rotatable bonds is 5. The predicted octanol–water partition coefficient (Wildman–Crippen LogP) is 16.5. The van der Waals surface area contributed by atoms with Gasteiger partial charge in [-0.25, -0.2) is 0 Å². The zero-order chi connectivity index (χ0) is 43.5. The molecule has 0 aliphatic rings. The van der Waals surface area contributed by atoms with Crippen LogP contribution < -0.4 is 0 Å². The first kappa shape index (κ1) is 36.9. The summed E-state index contributed by atoms with van der Waals surface area (Å²) in [7, 11) is 0. The van der Waals surface area contributed by atoms with E-state index >= 15 is 0 Å². The van der Waals surface area contributed by atoms with Crippen LogP contribution in [0.15, 0.2) is 228 Å². The van der Waals surface area contributed by atoms with Gasteiger partial charge in [-0.15, -0.1) is 0 Å². The molecule has 66 heavy (non-hydrogen) atoms. The first-order valence-corrected chi connectivity index (χ1v) is 23.1. The maximum absolute atomic E-state index is 9.64. The Hall–Kier alpha value is -8.56. The molecule has 0 unspecified atom stereocenters. The van der Waals surface area contributed by atoms with Crippen LogP contribution in [0.4, 0.5) is 0 Å². The van der Waals surface area contributed by atoms with Crippen molar-refractivity contribution in [3.63, 3.8) is 0 Å². The Morgan fingerprint density at radius 2 is 0.682 bits per heavy atom. The van der Waals surface area contributed by atoms with Crippen LogP contribution in [0.1, 0.15) is 5.56 Å². The summed E-state index contributed by atoms with van der Waals surface area (Å²) in [4.78, 5) is 2.15. The number of nitriles is 1. The van der Waals surface area contributed by atoms with Gasteiger partial charge in [0.15, 0.2) is 0 Å². The van der Waals surface area contributed by atoms with E-state index in [2.05, 4.69) is 220 Å². The van der Waals surface area contributed by atoms with E-state index in [-0.39, 0.29) is 0 Å². The first-order chi connectivity index (χ1) is 32.7. The summed E-state index contributed by atoms with van der Waals surface area (Å²) in [6, 6.07) is 81.8. The first-order valence-electron chi connectivity index (χ1n) is 22.3. The monoisotopic (exact) mass is 856 g/mol. The number of nitrogens with zero attached hydrogens (tertiary/aromatic N) is 4. The standard InChI is InChI=1S/C61H36N4S/c62-37-38-14-13-25-49(30-38)66-48-28-26-47(27-29-48)65-55-36-44-20-12-9-17-41(44)33-52(55)58-60-56(50-31-39-15-7-10-18-42(39)34-53(50)63(60)45-21-3-1-4-22-45)59-57(61(58)65)51-32-40-16-8-11-19-43(40)35-54(51)64(59)46-23-5-2-6-24-46/h1-36H. The van der Waals surface area contributed by atoms with Crippen molar-refractivity contribution in [1.29, 1.82) is 5.26 Å². The molecule has 0 amide bonds. The highest BCUT2D eigenvalue weighted by atomic mass is 32.2. The van der Waals surface area contributed by atoms with Crippen LogP contribution in [-0.2, 0) is 0 Å².